The largest absolute Gasteiger partial charge is 0.544 e. The van der Waals surface area contributed by atoms with Crippen molar-refractivity contribution in [3.05, 3.63) is 22.8 Å². The smallest absolute Gasteiger partial charge is 0.294 e. The number of hydrogen-bond acceptors (Lipinski definition) is 6. The number of thioether (sulfide) groups is 1. The number of sulfone groups is 1. The molecule has 1 aliphatic heterocycles. The second-order valence-corrected chi connectivity index (χ2v) is 8.62. The van der Waals surface area contributed by atoms with Gasteiger partial charge in [0.05, 0.1) is 11.4 Å². The summed E-state index contributed by atoms with van der Waals surface area (Å²) in [6.45, 7) is 1.54. The highest BCUT2D eigenvalue weighted by atomic mass is 32.2. The molecule has 0 bridgehead atoms. The van der Waals surface area contributed by atoms with Crippen molar-refractivity contribution in [3.8, 4) is 0 Å². The van der Waals surface area contributed by atoms with Crippen molar-refractivity contribution in [2.24, 2.45) is 5.92 Å². The lowest BCUT2D eigenvalue weighted by Gasteiger charge is -2.30. The highest BCUT2D eigenvalue weighted by molar-refractivity contribution is 8.04. The van der Waals surface area contributed by atoms with E-state index < -0.39 is 27.5 Å². The Kier molecular flexibility index (Phi) is 4.65. The zero-order valence-electron chi connectivity index (χ0n) is 11.8. The van der Waals surface area contributed by atoms with Gasteiger partial charge in [-0.3, -0.25) is 4.79 Å². The van der Waals surface area contributed by atoms with Gasteiger partial charge in [-0.1, -0.05) is 18.7 Å². The first-order valence-corrected chi connectivity index (χ1v) is 9.24. The van der Waals surface area contributed by atoms with Gasteiger partial charge in [0.2, 0.25) is 0 Å². The zero-order valence-corrected chi connectivity index (χ0v) is 13.4. The van der Waals surface area contributed by atoms with Crippen molar-refractivity contribution in [3.63, 3.8) is 0 Å². The van der Waals surface area contributed by atoms with Gasteiger partial charge < -0.3 is 0 Å². The Hall–Kier alpha value is -1.00. The molecular formula is C12H14F3NO4S2. The first-order valence-electron chi connectivity index (χ1n) is 6.30. The van der Waals surface area contributed by atoms with Crippen molar-refractivity contribution < 1.29 is 31.2 Å². The molecular weight excluding hydrogens is 343 g/mol. The van der Waals surface area contributed by atoms with E-state index in [1.807, 2.05) is 0 Å². The van der Waals surface area contributed by atoms with Crippen molar-refractivity contribution in [1.29, 1.82) is 0 Å². The van der Waals surface area contributed by atoms with Crippen LogP contribution < -0.4 is 0 Å². The lowest BCUT2D eigenvalue weighted by molar-refractivity contribution is -0.407. The van der Waals surface area contributed by atoms with E-state index in [9.17, 15) is 26.4 Å². The van der Waals surface area contributed by atoms with Crippen molar-refractivity contribution in [1.82, 2.24) is 5.06 Å². The standard InChI is InChI=1S/C12H14F3NO4S2/c1-7(6-22(2,18)19)11-16(20-12(13,14)15)9-4-3-8(17)5-10(9)21-11/h3-4,7,11H,5-6H2,1-2H3. The molecule has 2 rings (SSSR count). The van der Waals surface area contributed by atoms with Crippen LogP contribution in [0.1, 0.15) is 13.3 Å². The number of carbonyl (C=O) groups excluding carboxylic acids is 1. The average molecular weight is 357 g/mol. The molecule has 2 unspecified atom stereocenters. The third kappa shape index (κ3) is 4.26. The number of alkyl halides is 3. The Labute approximate surface area is 130 Å². The Bertz CT molecular complexity index is 639. The molecule has 22 heavy (non-hydrogen) atoms. The molecule has 5 nitrogen and oxygen atoms in total. The first kappa shape index (κ1) is 17.4. The highest BCUT2D eigenvalue weighted by Gasteiger charge is 2.44. The fraction of sp³-hybridized carbons (Fsp3) is 0.583. The Morgan fingerprint density at radius 1 is 1.45 bits per heavy atom. The summed E-state index contributed by atoms with van der Waals surface area (Å²) in [4.78, 5) is 15.9. The van der Waals surface area contributed by atoms with Crippen LogP contribution in [-0.2, 0) is 19.5 Å². The molecule has 1 aliphatic carbocycles. The fourth-order valence-electron chi connectivity index (χ4n) is 2.32. The molecule has 0 N–H and O–H groups in total. The van der Waals surface area contributed by atoms with Crippen molar-refractivity contribution in [2.45, 2.75) is 25.1 Å². The maximum Gasteiger partial charge on any atom is 0.544 e. The van der Waals surface area contributed by atoms with E-state index in [4.69, 9.17) is 0 Å². The van der Waals surface area contributed by atoms with E-state index in [1.54, 1.807) is 0 Å². The molecule has 2 aliphatic rings. The number of carbonyl (C=O) groups is 1. The van der Waals surface area contributed by atoms with Crippen LogP contribution >= 0.6 is 11.8 Å². The Morgan fingerprint density at radius 2 is 2.09 bits per heavy atom. The molecule has 0 spiro atoms. The van der Waals surface area contributed by atoms with Crippen LogP contribution in [0.15, 0.2) is 22.8 Å². The molecule has 0 aromatic carbocycles. The van der Waals surface area contributed by atoms with Gasteiger partial charge >= 0.3 is 6.36 Å². The van der Waals surface area contributed by atoms with E-state index >= 15 is 0 Å². The van der Waals surface area contributed by atoms with Gasteiger partial charge in [-0.2, -0.15) is 4.84 Å². The molecule has 0 saturated carbocycles. The molecule has 0 amide bonds. The summed E-state index contributed by atoms with van der Waals surface area (Å²) in [5.41, 5.74) is 0.160. The van der Waals surface area contributed by atoms with Crippen LogP contribution in [0.4, 0.5) is 13.2 Å². The van der Waals surface area contributed by atoms with Gasteiger partial charge in [-0.15, -0.1) is 13.2 Å². The first-order chi connectivity index (χ1) is 9.96. The topological polar surface area (TPSA) is 63.7 Å². The summed E-state index contributed by atoms with van der Waals surface area (Å²) in [6, 6.07) is 0. The normalized spacial score (nSPS) is 24.0. The molecule has 1 heterocycles. The quantitative estimate of drug-likeness (QED) is 0.769. The van der Waals surface area contributed by atoms with Crippen LogP contribution in [0.5, 0.6) is 0 Å². The van der Waals surface area contributed by atoms with Gasteiger partial charge in [-0.05, 0) is 12.2 Å². The number of ketones is 1. The lowest BCUT2D eigenvalue weighted by Crippen LogP contribution is -2.39. The van der Waals surface area contributed by atoms with Gasteiger partial charge in [0.1, 0.15) is 15.2 Å². The molecule has 0 fully saturated rings. The summed E-state index contributed by atoms with van der Waals surface area (Å²) < 4.78 is 60.6. The molecule has 0 radical (unpaired) electrons. The predicted molar refractivity (Wildman–Crippen MR) is 75.0 cm³/mol. The van der Waals surface area contributed by atoms with Crippen LogP contribution in [0.3, 0.4) is 0 Å². The van der Waals surface area contributed by atoms with Crippen LogP contribution in [0.2, 0.25) is 0 Å². The molecule has 0 aromatic heterocycles. The number of hydroxylamine groups is 2. The summed E-state index contributed by atoms with van der Waals surface area (Å²) in [7, 11) is -3.35. The molecule has 124 valence electrons. The minimum Gasteiger partial charge on any atom is -0.294 e. The molecule has 10 heteroatoms. The Morgan fingerprint density at radius 3 is 2.64 bits per heavy atom. The summed E-state index contributed by atoms with van der Waals surface area (Å²) >= 11 is 1.04. The van der Waals surface area contributed by atoms with Crippen LogP contribution in [0, 0.1) is 5.92 Å². The third-order valence-corrected chi connectivity index (χ3v) is 5.70. The van der Waals surface area contributed by atoms with Gasteiger partial charge in [-0.25, -0.2) is 13.5 Å². The third-order valence-electron chi connectivity index (χ3n) is 3.03. The van der Waals surface area contributed by atoms with Gasteiger partial charge in [0.25, 0.3) is 0 Å². The summed E-state index contributed by atoms with van der Waals surface area (Å²) in [6.07, 6.45) is -1.42. The van der Waals surface area contributed by atoms with E-state index in [0.717, 1.165) is 18.0 Å². The number of rotatable bonds is 4. The fourth-order valence-corrected chi connectivity index (χ4v) is 4.96. The average Bonchev–Trinajstić information content (AvgIpc) is 2.63. The number of hydrogen-bond donors (Lipinski definition) is 0. The highest BCUT2D eigenvalue weighted by Crippen LogP contribution is 2.46. The maximum atomic E-state index is 12.6. The predicted octanol–water partition coefficient (Wildman–Crippen LogP) is 2.23. The van der Waals surface area contributed by atoms with E-state index in [2.05, 4.69) is 4.84 Å². The van der Waals surface area contributed by atoms with Crippen molar-refractivity contribution >= 4 is 27.4 Å². The summed E-state index contributed by atoms with van der Waals surface area (Å²) in [5.74, 6) is -1.10. The van der Waals surface area contributed by atoms with Crippen LogP contribution in [-0.4, -0.2) is 43.0 Å². The number of allylic oxidation sites excluding steroid dienone is 3. The van der Waals surface area contributed by atoms with Crippen molar-refractivity contribution in [2.75, 3.05) is 12.0 Å². The summed E-state index contributed by atoms with van der Waals surface area (Å²) in [5, 5.41) is -0.199. The van der Waals surface area contributed by atoms with E-state index in [0.29, 0.717) is 9.97 Å². The molecule has 0 saturated heterocycles. The zero-order chi connectivity index (χ0) is 16.7. The molecule has 2 atom stereocenters. The number of nitrogens with zero attached hydrogens (tertiary/aromatic N) is 1. The maximum absolute atomic E-state index is 12.6. The second kappa shape index (κ2) is 5.89. The SMILES string of the molecule is CC(CS(C)(=O)=O)C1SC2=C(C=CC(=O)C2)N1OC(F)(F)F. The van der Waals surface area contributed by atoms with E-state index in [-0.39, 0.29) is 23.7 Å². The minimum atomic E-state index is -4.90. The van der Waals surface area contributed by atoms with Gasteiger partial charge in [0.15, 0.2) is 5.78 Å². The second-order valence-electron chi connectivity index (χ2n) is 5.23. The van der Waals surface area contributed by atoms with Gasteiger partial charge in [0, 0.05) is 23.5 Å². The molecule has 0 aromatic rings. The number of halogens is 3. The van der Waals surface area contributed by atoms with Crippen LogP contribution in [0.25, 0.3) is 0 Å². The van der Waals surface area contributed by atoms with E-state index in [1.165, 1.54) is 19.1 Å². The lowest BCUT2D eigenvalue weighted by atomic mass is 10.1. The monoisotopic (exact) mass is 357 g/mol. The minimum absolute atomic E-state index is 0.00366. The Balaban J connectivity index is 2.27.